The maximum atomic E-state index is 11.2. The number of benzene rings is 1. The molecule has 0 saturated heterocycles. The summed E-state index contributed by atoms with van der Waals surface area (Å²) >= 11 is 0. The van der Waals surface area contributed by atoms with Gasteiger partial charge >= 0.3 is 5.97 Å². The number of aromatic hydroxyl groups is 2. The Balaban J connectivity index is 0.000000796. The van der Waals surface area contributed by atoms with Gasteiger partial charge < -0.3 is 30.9 Å². The molecule has 0 bridgehead atoms. The first-order valence-electron chi connectivity index (χ1n) is 6.11. The van der Waals surface area contributed by atoms with Crippen LogP contribution in [-0.4, -0.2) is 52.3 Å². The van der Waals surface area contributed by atoms with Crippen LogP contribution in [0.1, 0.15) is 12.5 Å². The Morgan fingerprint density at radius 3 is 2.30 bits per heavy atom. The van der Waals surface area contributed by atoms with Crippen molar-refractivity contribution in [3.05, 3.63) is 23.8 Å². The lowest BCUT2D eigenvalue weighted by Gasteiger charge is -2.10. The molecule has 0 spiro atoms. The molecule has 0 saturated carbocycles. The average molecular weight is 287 g/mol. The lowest BCUT2D eigenvalue weighted by Crippen LogP contribution is -2.34. The fourth-order valence-electron chi connectivity index (χ4n) is 1.28. The van der Waals surface area contributed by atoms with Gasteiger partial charge in [0.2, 0.25) is 0 Å². The van der Waals surface area contributed by atoms with Gasteiger partial charge in [-0.2, -0.15) is 0 Å². The van der Waals surface area contributed by atoms with Gasteiger partial charge in [-0.3, -0.25) is 4.79 Å². The van der Waals surface area contributed by atoms with Crippen LogP contribution < -0.4 is 5.73 Å². The summed E-state index contributed by atoms with van der Waals surface area (Å²) in [5.41, 5.74) is 6.27. The van der Waals surface area contributed by atoms with E-state index in [4.69, 9.17) is 25.8 Å². The third-order valence-electron chi connectivity index (χ3n) is 2.18. The zero-order valence-corrected chi connectivity index (χ0v) is 11.3. The van der Waals surface area contributed by atoms with Gasteiger partial charge in [0.25, 0.3) is 0 Å². The molecule has 0 fully saturated rings. The van der Waals surface area contributed by atoms with Crippen LogP contribution in [0.25, 0.3) is 0 Å². The summed E-state index contributed by atoms with van der Waals surface area (Å²) in [4.78, 5) is 11.2. The van der Waals surface area contributed by atoms with Crippen LogP contribution in [0.2, 0.25) is 0 Å². The molecule has 1 aromatic carbocycles. The van der Waals surface area contributed by atoms with E-state index in [-0.39, 0.29) is 37.7 Å². The molecule has 1 aromatic rings. The Kier molecular flexibility index (Phi) is 9.10. The summed E-state index contributed by atoms with van der Waals surface area (Å²) in [6, 6.07) is 3.55. The van der Waals surface area contributed by atoms with Crippen molar-refractivity contribution in [2.24, 2.45) is 5.73 Å². The Bertz CT molecular complexity index is 408. The van der Waals surface area contributed by atoms with E-state index in [1.165, 1.54) is 12.1 Å². The number of nitrogens with two attached hydrogens (primary N) is 1. The number of hydrogen-bond acceptors (Lipinski definition) is 7. The minimum Gasteiger partial charge on any atom is -0.504 e. The van der Waals surface area contributed by atoms with Crippen LogP contribution in [0.4, 0.5) is 0 Å². The molecule has 7 nitrogen and oxygen atoms in total. The number of aliphatic hydroxyl groups is 2. The number of hydrogen-bond donors (Lipinski definition) is 5. The largest absolute Gasteiger partial charge is 0.504 e. The second-order valence-electron chi connectivity index (χ2n) is 3.83. The monoisotopic (exact) mass is 287 g/mol. The summed E-state index contributed by atoms with van der Waals surface area (Å²) in [6.45, 7) is 1.74. The first-order valence-corrected chi connectivity index (χ1v) is 6.11. The van der Waals surface area contributed by atoms with E-state index in [0.717, 1.165) is 0 Å². The van der Waals surface area contributed by atoms with E-state index in [9.17, 15) is 9.90 Å². The number of phenols is 2. The van der Waals surface area contributed by atoms with Crippen molar-refractivity contribution >= 4 is 5.97 Å². The minimum absolute atomic E-state index is 0.125. The highest BCUT2D eigenvalue weighted by molar-refractivity contribution is 5.75. The van der Waals surface area contributed by atoms with Crippen molar-refractivity contribution in [3.63, 3.8) is 0 Å². The van der Waals surface area contributed by atoms with Crippen molar-refractivity contribution in [3.8, 4) is 11.5 Å². The van der Waals surface area contributed by atoms with Gasteiger partial charge in [-0.1, -0.05) is 6.07 Å². The molecule has 0 aliphatic heterocycles. The SMILES string of the molecule is CCOC(=O)C(N)Cc1ccc(O)c(O)c1.OCCO. The van der Waals surface area contributed by atoms with Crippen molar-refractivity contribution in [1.82, 2.24) is 0 Å². The lowest BCUT2D eigenvalue weighted by molar-refractivity contribution is -0.144. The number of aliphatic hydroxyl groups excluding tert-OH is 2. The summed E-state index contributed by atoms with van der Waals surface area (Å²) in [5.74, 6) is -0.905. The Hall–Kier alpha value is -1.83. The van der Waals surface area contributed by atoms with Crippen LogP contribution in [0, 0.1) is 0 Å². The second kappa shape index (κ2) is 10.0. The highest BCUT2D eigenvalue weighted by Crippen LogP contribution is 2.25. The molecule has 114 valence electrons. The quantitative estimate of drug-likeness (QED) is 0.364. The molecule has 1 atom stereocenters. The molecule has 1 rings (SSSR count). The van der Waals surface area contributed by atoms with Crippen LogP contribution in [0.5, 0.6) is 11.5 Å². The molecule has 1 unspecified atom stereocenters. The zero-order chi connectivity index (χ0) is 15.5. The third kappa shape index (κ3) is 6.93. The standard InChI is InChI=1S/C11H15NO4.C2H6O2/c1-2-16-11(15)8(12)5-7-3-4-9(13)10(14)6-7;3-1-2-4/h3-4,6,8,13-14H,2,5,12H2,1H3;3-4H,1-2H2. The van der Waals surface area contributed by atoms with Gasteiger partial charge in [0.1, 0.15) is 6.04 Å². The number of phenolic OH excluding ortho intramolecular Hbond substituents is 2. The summed E-state index contributed by atoms with van der Waals surface area (Å²) in [7, 11) is 0. The summed E-state index contributed by atoms with van der Waals surface area (Å²) in [5, 5.41) is 33.6. The second-order valence-corrected chi connectivity index (χ2v) is 3.83. The first kappa shape index (κ1) is 18.2. The van der Waals surface area contributed by atoms with E-state index < -0.39 is 12.0 Å². The van der Waals surface area contributed by atoms with E-state index in [1.807, 2.05) is 0 Å². The van der Waals surface area contributed by atoms with E-state index in [2.05, 4.69) is 0 Å². The highest BCUT2D eigenvalue weighted by Gasteiger charge is 2.15. The maximum absolute atomic E-state index is 11.2. The third-order valence-corrected chi connectivity index (χ3v) is 2.18. The van der Waals surface area contributed by atoms with Gasteiger partial charge in [-0.25, -0.2) is 0 Å². The molecule has 20 heavy (non-hydrogen) atoms. The zero-order valence-electron chi connectivity index (χ0n) is 11.3. The molecular formula is C13H21NO6. The lowest BCUT2D eigenvalue weighted by atomic mass is 10.1. The molecule has 0 radical (unpaired) electrons. The number of carbonyl (C=O) groups is 1. The molecule has 0 amide bonds. The van der Waals surface area contributed by atoms with Crippen molar-refractivity contribution < 1.29 is 30.0 Å². The molecule has 0 heterocycles. The number of rotatable bonds is 5. The molecule has 0 aliphatic carbocycles. The number of ether oxygens (including phenoxy) is 1. The van der Waals surface area contributed by atoms with Crippen LogP contribution in [-0.2, 0) is 16.0 Å². The summed E-state index contributed by atoms with van der Waals surface area (Å²) in [6.07, 6.45) is 0.257. The molecule has 0 aromatic heterocycles. The van der Waals surface area contributed by atoms with Gasteiger partial charge in [-0.05, 0) is 31.0 Å². The molecule has 6 N–H and O–H groups in total. The average Bonchev–Trinajstić information content (AvgIpc) is 2.43. The highest BCUT2D eigenvalue weighted by atomic mass is 16.5. The van der Waals surface area contributed by atoms with Crippen molar-refractivity contribution in [2.45, 2.75) is 19.4 Å². The van der Waals surface area contributed by atoms with Gasteiger partial charge in [-0.15, -0.1) is 0 Å². The fraction of sp³-hybridized carbons (Fsp3) is 0.462. The Labute approximate surface area is 117 Å². The Morgan fingerprint density at radius 1 is 1.25 bits per heavy atom. The molecular weight excluding hydrogens is 266 g/mol. The number of carbonyl (C=O) groups excluding carboxylic acids is 1. The summed E-state index contributed by atoms with van der Waals surface area (Å²) < 4.78 is 4.75. The molecule has 0 aliphatic rings. The predicted octanol–water partition coefficient (Wildman–Crippen LogP) is -0.498. The van der Waals surface area contributed by atoms with Gasteiger partial charge in [0.15, 0.2) is 11.5 Å². The van der Waals surface area contributed by atoms with Crippen molar-refractivity contribution in [1.29, 1.82) is 0 Å². The molecule has 7 heteroatoms. The van der Waals surface area contributed by atoms with Crippen LogP contribution in [0.15, 0.2) is 18.2 Å². The predicted molar refractivity (Wildman–Crippen MR) is 72.3 cm³/mol. The van der Waals surface area contributed by atoms with E-state index in [0.29, 0.717) is 5.56 Å². The topological polar surface area (TPSA) is 133 Å². The van der Waals surface area contributed by atoms with Gasteiger partial charge in [0.05, 0.1) is 19.8 Å². The smallest absolute Gasteiger partial charge is 0.323 e. The van der Waals surface area contributed by atoms with Gasteiger partial charge in [0, 0.05) is 0 Å². The van der Waals surface area contributed by atoms with Crippen molar-refractivity contribution in [2.75, 3.05) is 19.8 Å². The van der Waals surface area contributed by atoms with Crippen LogP contribution >= 0.6 is 0 Å². The van der Waals surface area contributed by atoms with Crippen LogP contribution in [0.3, 0.4) is 0 Å². The van der Waals surface area contributed by atoms with E-state index in [1.54, 1.807) is 13.0 Å². The first-order chi connectivity index (χ1) is 9.46. The Morgan fingerprint density at radius 2 is 1.85 bits per heavy atom. The fourth-order valence-corrected chi connectivity index (χ4v) is 1.28. The normalized spacial score (nSPS) is 11.2. The maximum Gasteiger partial charge on any atom is 0.323 e. The minimum atomic E-state index is -0.760. The van der Waals surface area contributed by atoms with E-state index >= 15 is 0 Å². The number of esters is 1.